The van der Waals surface area contributed by atoms with Gasteiger partial charge in [-0.1, -0.05) is 50.5 Å². The van der Waals surface area contributed by atoms with E-state index in [1.165, 1.54) is 37.7 Å². The molecule has 106 valence electrons. The van der Waals surface area contributed by atoms with Crippen LogP contribution < -0.4 is 5.73 Å². The Hall–Kier alpha value is -0.860. The monoisotopic (exact) mass is 261 g/mol. The smallest absolute Gasteiger partial charge is 0.0477 e. The molecule has 0 heterocycles. The van der Waals surface area contributed by atoms with Gasteiger partial charge in [-0.2, -0.15) is 0 Å². The Balaban J connectivity index is 2.04. The topological polar surface area (TPSA) is 46.2 Å². The van der Waals surface area contributed by atoms with Crippen molar-refractivity contribution in [3.63, 3.8) is 0 Å². The Kier molecular flexibility index (Phi) is 5.41. The van der Waals surface area contributed by atoms with Crippen LogP contribution in [0.4, 0.5) is 0 Å². The molecule has 0 bridgehead atoms. The fourth-order valence-corrected chi connectivity index (χ4v) is 3.20. The molecule has 2 unspecified atom stereocenters. The van der Waals surface area contributed by atoms with E-state index in [1.54, 1.807) is 0 Å². The Morgan fingerprint density at radius 2 is 1.79 bits per heavy atom. The van der Waals surface area contributed by atoms with Crippen LogP contribution in [0.1, 0.15) is 68.5 Å². The number of rotatable bonds is 5. The highest BCUT2D eigenvalue weighted by atomic mass is 16.3. The summed E-state index contributed by atoms with van der Waals surface area (Å²) in [7, 11) is 0. The summed E-state index contributed by atoms with van der Waals surface area (Å²) >= 11 is 0. The maximum absolute atomic E-state index is 9.34. The molecule has 2 rings (SSSR count). The first-order valence-electron chi connectivity index (χ1n) is 7.72. The Morgan fingerprint density at radius 3 is 2.32 bits per heavy atom. The number of nitrogens with two attached hydrogens (primary N) is 1. The van der Waals surface area contributed by atoms with E-state index < -0.39 is 0 Å². The van der Waals surface area contributed by atoms with Gasteiger partial charge in [0.1, 0.15) is 0 Å². The Labute approximate surface area is 117 Å². The molecule has 0 spiro atoms. The van der Waals surface area contributed by atoms with Crippen LogP contribution in [-0.2, 0) is 0 Å². The van der Waals surface area contributed by atoms with Crippen molar-refractivity contribution in [3.8, 4) is 0 Å². The molecule has 3 N–H and O–H groups in total. The lowest BCUT2D eigenvalue weighted by Crippen LogP contribution is -2.23. The van der Waals surface area contributed by atoms with Gasteiger partial charge in [-0.3, -0.25) is 0 Å². The zero-order valence-electron chi connectivity index (χ0n) is 12.0. The van der Waals surface area contributed by atoms with Gasteiger partial charge in [-0.15, -0.1) is 0 Å². The van der Waals surface area contributed by atoms with Crippen molar-refractivity contribution in [1.82, 2.24) is 0 Å². The van der Waals surface area contributed by atoms with Gasteiger partial charge in [-0.25, -0.2) is 0 Å². The normalized spacial score (nSPS) is 20.2. The summed E-state index contributed by atoms with van der Waals surface area (Å²) in [5.41, 5.74) is 8.85. The van der Waals surface area contributed by atoms with E-state index in [9.17, 15) is 5.11 Å². The van der Waals surface area contributed by atoms with E-state index in [4.69, 9.17) is 5.73 Å². The second-order valence-corrected chi connectivity index (χ2v) is 5.88. The number of hydrogen-bond acceptors (Lipinski definition) is 2. The molecule has 0 aromatic heterocycles. The molecule has 2 atom stereocenters. The zero-order valence-corrected chi connectivity index (χ0v) is 12.0. The highest BCUT2D eigenvalue weighted by Crippen LogP contribution is 2.33. The van der Waals surface area contributed by atoms with Gasteiger partial charge in [-0.05, 0) is 36.3 Å². The third-order valence-corrected chi connectivity index (χ3v) is 4.66. The molecule has 2 heteroatoms. The van der Waals surface area contributed by atoms with Crippen LogP contribution in [0.5, 0.6) is 0 Å². The first-order valence-corrected chi connectivity index (χ1v) is 7.72. The van der Waals surface area contributed by atoms with Crippen LogP contribution in [-0.4, -0.2) is 11.7 Å². The quantitative estimate of drug-likeness (QED) is 0.848. The first-order chi connectivity index (χ1) is 9.26. The van der Waals surface area contributed by atoms with Gasteiger partial charge in [0.05, 0.1) is 0 Å². The molecular formula is C17H27NO. The molecule has 0 saturated heterocycles. The van der Waals surface area contributed by atoms with Gasteiger partial charge in [0, 0.05) is 18.6 Å². The largest absolute Gasteiger partial charge is 0.396 e. The second kappa shape index (κ2) is 7.06. The molecule has 0 aliphatic heterocycles. The van der Waals surface area contributed by atoms with E-state index in [0.29, 0.717) is 0 Å². The van der Waals surface area contributed by atoms with Gasteiger partial charge in [0.15, 0.2) is 0 Å². The van der Waals surface area contributed by atoms with Crippen LogP contribution >= 0.6 is 0 Å². The summed E-state index contributed by atoms with van der Waals surface area (Å²) in [4.78, 5) is 0. The van der Waals surface area contributed by atoms with E-state index in [1.807, 2.05) is 0 Å². The predicted molar refractivity (Wildman–Crippen MR) is 80.1 cm³/mol. The SMILES string of the molecule is CCC(CO)C(N)c1ccc(C2CCCCC2)cc1. The molecular weight excluding hydrogens is 234 g/mol. The number of aliphatic hydroxyl groups excluding tert-OH is 1. The molecule has 1 aliphatic carbocycles. The van der Waals surface area contributed by atoms with Crippen molar-refractivity contribution < 1.29 is 5.11 Å². The minimum atomic E-state index is -0.0459. The highest BCUT2D eigenvalue weighted by molar-refractivity contribution is 5.28. The molecule has 0 radical (unpaired) electrons. The maximum atomic E-state index is 9.34. The number of aliphatic hydroxyl groups is 1. The molecule has 1 fully saturated rings. The average Bonchev–Trinajstić information content (AvgIpc) is 2.49. The van der Waals surface area contributed by atoms with Crippen LogP contribution in [0.3, 0.4) is 0 Å². The summed E-state index contributed by atoms with van der Waals surface area (Å²) in [5.74, 6) is 0.916. The predicted octanol–water partition coefficient (Wildman–Crippen LogP) is 3.75. The highest BCUT2D eigenvalue weighted by Gasteiger charge is 2.18. The van der Waals surface area contributed by atoms with E-state index >= 15 is 0 Å². The second-order valence-electron chi connectivity index (χ2n) is 5.88. The van der Waals surface area contributed by atoms with E-state index in [2.05, 4.69) is 31.2 Å². The van der Waals surface area contributed by atoms with Crippen LogP contribution in [0.25, 0.3) is 0 Å². The Morgan fingerprint density at radius 1 is 1.16 bits per heavy atom. The summed E-state index contributed by atoms with van der Waals surface area (Å²) < 4.78 is 0. The summed E-state index contributed by atoms with van der Waals surface area (Å²) in [6, 6.07) is 8.76. The fraction of sp³-hybridized carbons (Fsp3) is 0.647. The van der Waals surface area contributed by atoms with Crippen molar-refractivity contribution in [2.75, 3.05) is 6.61 Å². The standard InChI is InChI=1S/C17H27NO/c1-2-13(12-19)17(18)16-10-8-15(9-11-16)14-6-4-3-5-7-14/h8-11,13-14,17,19H,2-7,12,18H2,1H3. The van der Waals surface area contributed by atoms with Crippen LogP contribution in [0.15, 0.2) is 24.3 Å². The average molecular weight is 261 g/mol. The number of benzene rings is 1. The van der Waals surface area contributed by atoms with Crippen molar-refractivity contribution in [3.05, 3.63) is 35.4 Å². The van der Waals surface area contributed by atoms with E-state index in [0.717, 1.165) is 17.9 Å². The van der Waals surface area contributed by atoms with Gasteiger partial charge < -0.3 is 10.8 Å². The van der Waals surface area contributed by atoms with Gasteiger partial charge >= 0.3 is 0 Å². The van der Waals surface area contributed by atoms with Crippen molar-refractivity contribution >= 4 is 0 Å². The van der Waals surface area contributed by atoms with Crippen molar-refractivity contribution in [1.29, 1.82) is 0 Å². The van der Waals surface area contributed by atoms with Crippen molar-refractivity contribution in [2.24, 2.45) is 11.7 Å². The third-order valence-electron chi connectivity index (χ3n) is 4.66. The van der Waals surface area contributed by atoms with Crippen molar-refractivity contribution in [2.45, 2.75) is 57.4 Å². The lowest BCUT2D eigenvalue weighted by atomic mass is 9.83. The molecule has 1 saturated carbocycles. The van der Waals surface area contributed by atoms with E-state index in [-0.39, 0.29) is 18.6 Å². The van der Waals surface area contributed by atoms with Crippen LogP contribution in [0, 0.1) is 5.92 Å². The summed E-state index contributed by atoms with van der Waals surface area (Å²) in [6.07, 6.45) is 7.72. The Bertz CT molecular complexity index is 363. The molecule has 1 aromatic carbocycles. The minimum Gasteiger partial charge on any atom is -0.396 e. The molecule has 1 aromatic rings. The summed E-state index contributed by atoms with van der Waals surface area (Å²) in [6.45, 7) is 2.25. The number of hydrogen-bond donors (Lipinski definition) is 2. The molecule has 0 amide bonds. The summed E-state index contributed by atoms with van der Waals surface area (Å²) in [5, 5.41) is 9.34. The minimum absolute atomic E-state index is 0.0459. The van der Waals surface area contributed by atoms with Crippen LogP contribution in [0.2, 0.25) is 0 Å². The lowest BCUT2D eigenvalue weighted by Gasteiger charge is -2.24. The molecule has 1 aliphatic rings. The molecule has 2 nitrogen and oxygen atoms in total. The van der Waals surface area contributed by atoms with Gasteiger partial charge in [0.25, 0.3) is 0 Å². The maximum Gasteiger partial charge on any atom is 0.0477 e. The fourth-order valence-electron chi connectivity index (χ4n) is 3.20. The lowest BCUT2D eigenvalue weighted by molar-refractivity contribution is 0.200. The van der Waals surface area contributed by atoms with Gasteiger partial charge in [0.2, 0.25) is 0 Å². The first kappa shape index (κ1) is 14.5. The zero-order chi connectivity index (χ0) is 13.7. The molecule has 19 heavy (non-hydrogen) atoms. The third kappa shape index (κ3) is 3.58.